The molecule has 4 nitrogen and oxygen atoms in total. The molecule has 0 spiro atoms. The van der Waals surface area contributed by atoms with Crippen LogP contribution in [-0.2, 0) is 11.2 Å². The highest BCUT2D eigenvalue weighted by Crippen LogP contribution is 2.28. The van der Waals surface area contributed by atoms with Crippen LogP contribution in [0.25, 0.3) is 0 Å². The second kappa shape index (κ2) is 5.83. The second-order valence-electron chi connectivity index (χ2n) is 5.80. The first-order valence-electron chi connectivity index (χ1n) is 7.16. The quantitative estimate of drug-likeness (QED) is 0.893. The zero-order valence-electron chi connectivity index (χ0n) is 12.4. The maximum atomic E-state index is 12.0. The molecule has 1 amide bonds. The number of likely N-dealkylation sites (tertiary alicyclic amines) is 1. The summed E-state index contributed by atoms with van der Waals surface area (Å²) in [4.78, 5) is 13.6. The summed E-state index contributed by atoms with van der Waals surface area (Å²) in [5, 5.41) is 10.1. The summed E-state index contributed by atoms with van der Waals surface area (Å²) >= 11 is 0. The molecule has 0 saturated carbocycles. The molecule has 20 heavy (non-hydrogen) atoms. The lowest BCUT2D eigenvalue weighted by Gasteiger charge is -2.48. The summed E-state index contributed by atoms with van der Waals surface area (Å²) in [6.45, 7) is 6.85. The predicted octanol–water partition coefficient (Wildman–Crippen LogP) is 1.86. The van der Waals surface area contributed by atoms with Crippen LogP contribution in [0.5, 0.6) is 5.75 Å². The van der Waals surface area contributed by atoms with Gasteiger partial charge in [0.15, 0.2) is 6.61 Å². The standard InChI is InChI=1S/C16H23NO3/c1-4-13-6-5-7-14(8-13)20-9-15(18)17-10-16(19,11-17)12(2)3/h5-8,12,19H,4,9-11H2,1-3H3. The van der Waals surface area contributed by atoms with Crippen LogP contribution >= 0.6 is 0 Å². The normalized spacial score (nSPS) is 16.9. The number of amides is 1. The summed E-state index contributed by atoms with van der Waals surface area (Å²) in [6, 6.07) is 7.77. The van der Waals surface area contributed by atoms with Crippen molar-refractivity contribution < 1.29 is 14.6 Å². The molecular formula is C16H23NO3. The van der Waals surface area contributed by atoms with Gasteiger partial charge in [0.1, 0.15) is 11.4 Å². The molecule has 1 fully saturated rings. The molecule has 110 valence electrons. The van der Waals surface area contributed by atoms with E-state index in [9.17, 15) is 9.90 Å². The van der Waals surface area contributed by atoms with Gasteiger partial charge < -0.3 is 14.7 Å². The monoisotopic (exact) mass is 277 g/mol. The smallest absolute Gasteiger partial charge is 0.260 e. The molecule has 1 aliphatic heterocycles. The fourth-order valence-corrected chi connectivity index (χ4v) is 2.25. The Hall–Kier alpha value is -1.55. The van der Waals surface area contributed by atoms with Gasteiger partial charge in [-0.05, 0) is 30.0 Å². The van der Waals surface area contributed by atoms with Crippen LogP contribution in [0, 0.1) is 5.92 Å². The summed E-state index contributed by atoms with van der Waals surface area (Å²) in [7, 11) is 0. The first-order chi connectivity index (χ1) is 9.44. The Kier molecular flexibility index (Phi) is 4.33. The van der Waals surface area contributed by atoms with Crippen LogP contribution in [0.3, 0.4) is 0 Å². The Morgan fingerprint density at radius 2 is 2.15 bits per heavy atom. The fourth-order valence-electron chi connectivity index (χ4n) is 2.25. The van der Waals surface area contributed by atoms with Crippen LogP contribution in [-0.4, -0.2) is 41.2 Å². The minimum absolute atomic E-state index is 0.0291. The number of aryl methyl sites for hydroxylation is 1. The topological polar surface area (TPSA) is 49.8 Å². The van der Waals surface area contributed by atoms with Gasteiger partial charge in [-0.15, -0.1) is 0 Å². The van der Waals surface area contributed by atoms with Gasteiger partial charge in [-0.1, -0.05) is 32.9 Å². The van der Waals surface area contributed by atoms with Crippen molar-refractivity contribution in [3.05, 3.63) is 29.8 Å². The van der Waals surface area contributed by atoms with Crippen LogP contribution in [0.4, 0.5) is 0 Å². The van der Waals surface area contributed by atoms with E-state index in [0.717, 1.165) is 12.2 Å². The molecule has 4 heteroatoms. The maximum Gasteiger partial charge on any atom is 0.260 e. The molecule has 0 atom stereocenters. The Morgan fingerprint density at radius 3 is 2.75 bits per heavy atom. The number of aliphatic hydroxyl groups is 1. The van der Waals surface area contributed by atoms with E-state index in [0.29, 0.717) is 13.1 Å². The molecule has 0 bridgehead atoms. The van der Waals surface area contributed by atoms with Gasteiger partial charge >= 0.3 is 0 Å². The zero-order valence-corrected chi connectivity index (χ0v) is 12.4. The van der Waals surface area contributed by atoms with Gasteiger partial charge in [0.2, 0.25) is 0 Å². The maximum absolute atomic E-state index is 12.0. The van der Waals surface area contributed by atoms with Gasteiger partial charge in [0.05, 0.1) is 13.1 Å². The third-order valence-corrected chi connectivity index (χ3v) is 4.03. The highest BCUT2D eigenvalue weighted by molar-refractivity contribution is 5.79. The minimum atomic E-state index is -0.724. The minimum Gasteiger partial charge on any atom is -0.484 e. The lowest BCUT2D eigenvalue weighted by molar-refractivity contribution is -0.165. The molecule has 1 N–H and O–H groups in total. The SMILES string of the molecule is CCc1cccc(OCC(=O)N2CC(O)(C(C)C)C2)c1. The van der Waals surface area contributed by atoms with Crippen molar-refractivity contribution >= 4 is 5.91 Å². The molecule has 1 saturated heterocycles. The number of carbonyl (C=O) groups is 1. The lowest BCUT2D eigenvalue weighted by atomic mass is 9.83. The molecule has 0 aliphatic carbocycles. The highest BCUT2D eigenvalue weighted by Gasteiger charge is 2.45. The molecule has 0 unspecified atom stereocenters. The highest BCUT2D eigenvalue weighted by atomic mass is 16.5. The summed E-state index contributed by atoms with van der Waals surface area (Å²) in [6.07, 6.45) is 0.943. The van der Waals surface area contributed by atoms with Crippen molar-refractivity contribution in [2.24, 2.45) is 5.92 Å². The van der Waals surface area contributed by atoms with Crippen molar-refractivity contribution in [2.45, 2.75) is 32.8 Å². The van der Waals surface area contributed by atoms with E-state index < -0.39 is 5.60 Å². The number of nitrogens with zero attached hydrogens (tertiary/aromatic N) is 1. The van der Waals surface area contributed by atoms with Crippen molar-refractivity contribution in [1.29, 1.82) is 0 Å². The van der Waals surface area contributed by atoms with Crippen LogP contribution < -0.4 is 4.74 Å². The van der Waals surface area contributed by atoms with Crippen molar-refractivity contribution in [1.82, 2.24) is 4.90 Å². The average molecular weight is 277 g/mol. The van der Waals surface area contributed by atoms with Crippen molar-refractivity contribution in [2.75, 3.05) is 19.7 Å². The van der Waals surface area contributed by atoms with Gasteiger partial charge in [-0.3, -0.25) is 4.79 Å². The van der Waals surface area contributed by atoms with E-state index in [1.54, 1.807) is 4.90 Å². The van der Waals surface area contributed by atoms with Crippen molar-refractivity contribution in [3.8, 4) is 5.75 Å². The van der Waals surface area contributed by atoms with E-state index in [1.165, 1.54) is 5.56 Å². The molecular weight excluding hydrogens is 254 g/mol. The second-order valence-corrected chi connectivity index (χ2v) is 5.80. The number of rotatable bonds is 5. The van der Waals surface area contributed by atoms with Gasteiger partial charge in [0, 0.05) is 0 Å². The Labute approximate surface area is 120 Å². The lowest BCUT2D eigenvalue weighted by Crippen LogP contribution is -2.66. The van der Waals surface area contributed by atoms with Crippen LogP contribution in [0.2, 0.25) is 0 Å². The van der Waals surface area contributed by atoms with Crippen molar-refractivity contribution in [3.63, 3.8) is 0 Å². The molecule has 1 aliphatic rings. The van der Waals surface area contributed by atoms with E-state index >= 15 is 0 Å². The average Bonchev–Trinajstić information content (AvgIpc) is 2.41. The molecule has 0 radical (unpaired) electrons. The first kappa shape index (κ1) is 14.9. The Morgan fingerprint density at radius 1 is 1.45 bits per heavy atom. The Balaban J connectivity index is 1.82. The molecule has 1 aromatic carbocycles. The number of hydrogen-bond acceptors (Lipinski definition) is 3. The van der Waals surface area contributed by atoms with E-state index in [2.05, 4.69) is 6.92 Å². The first-order valence-corrected chi connectivity index (χ1v) is 7.16. The summed E-state index contributed by atoms with van der Waals surface area (Å²) in [5.41, 5.74) is 0.464. The third kappa shape index (κ3) is 3.12. The Bertz CT molecular complexity index is 478. The summed E-state index contributed by atoms with van der Waals surface area (Å²) < 4.78 is 5.52. The largest absolute Gasteiger partial charge is 0.484 e. The van der Waals surface area contributed by atoms with E-state index in [4.69, 9.17) is 4.74 Å². The number of carbonyl (C=O) groups excluding carboxylic acids is 1. The number of hydrogen-bond donors (Lipinski definition) is 1. The van der Waals surface area contributed by atoms with Gasteiger partial charge in [0.25, 0.3) is 5.91 Å². The third-order valence-electron chi connectivity index (χ3n) is 4.03. The molecule has 2 rings (SSSR count). The summed E-state index contributed by atoms with van der Waals surface area (Å²) in [5.74, 6) is 0.809. The van der Waals surface area contributed by atoms with Gasteiger partial charge in [-0.2, -0.15) is 0 Å². The number of β-amino-alcohol motifs (C(OH)–C–C–N with tert-alkyl or cyclic N) is 1. The van der Waals surface area contributed by atoms with Crippen LogP contribution in [0.15, 0.2) is 24.3 Å². The molecule has 1 heterocycles. The molecule has 1 aromatic rings. The zero-order chi connectivity index (χ0) is 14.8. The van der Waals surface area contributed by atoms with Crippen LogP contribution in [0.1, 0.15) is 26.3 Å². The molecule has 0 aromatic heterocycles. The fraction of sp³-hybridized carbons (Fsp3) is 0.562. The number of ether oxygens (including phenoxy) is 1. The van der Waals surface area contributed by atoms with Gasteiger partial charge in [-0.25, -0.2) is 0 Å². The number of benzene rings is 1. The van der Waals surface area contributed by atoms with E-state index in [1.807, 2.05) is 38.1 Å². The predicted molar refractivity (Wildman–Crippen MR) is 77.7 cm³/mol. The van der Waals surface area contributed by atoms with E-state index in [-0.39, 0.29) is 18.4 Å².